The predicted molar refractivity (Wildman–Crippen MR) is 199 cm³/mol. The van der Waals surface area contributed by atoms with E-state index >= 15 is 0 Å². The molecule has 0 saturated heterocycles. The zero-order chi connectivity index (χ0) is 34.5. The lowest BCUT2D eigenvalue weighted by atomic mass is 9.61. The molecule has 7 atom stereocenters. The zero-order valence-corrected chi connectivity index (χ0v) is 34.0. The molecule has 4 aliphatic carbocycles. The minimum Gasteiger partial charge on any atom is -0.414 e. The molecule has 0 bridgehead atoms. The highest BCUT2D eigenvalue weighted by atomic mass is 28.4. The average Bonchev–Trinajstić information content (AvgIpc) is 3.65. The number of rotatable bonds is 10. The third kappa shape index (κ3) is 7.98. The third-order valence-corrected chi connectivity index (χ3v) is 23.0. The summed E-state index contributed by atoms with van der Waals surface area (Å²) in [6.07, 6.45) is 19.9. The average molecular weight is 671 g/mol. The molecule has 0 aromatic rings. The first kappa shape index (κ1) is 38.0. The second-order valence-electron chi connectivity index (χ2n) is 19.2. The molecule has 4 fully saturated rings. The number of hydrogen-bond donors (Lipinski definition) is 1. The van der Waals surface area contributed by atoms with Gasteiger partial charge in [0.25, 0.3) is 0 Å². The van der Waals surface area contributed by atoms with Gasteiger partial charge in [0.1, 0.15) is 5.78 Å². The van der Waals surface area contributed by atoms with Gasteiger partial charge in [-0.2, -0.15) is 0 Å². The number of allylic oxidation sites excluding steroid dienone is 4. The Morgan fingerprint density at radius 1 is 0.891 bits per heavy atom. The van der Waals surface area contributed by atoms with Crippen molar-refractivity contribution in [1.82, 2.24) is 0 Å². The van der Waals surface area contributed by atoms with Crippen LogP contribution < -0.4 is 0 Å². The molecule has 0 unspecified atom stereocenters. The van der Waals surface area contributed by atoms with Gasteiger partial charge in [0.2, 0.25) is 0 Å². The standard InChI is InChI=1S/C40H70O4Si2/c1-28(16-21-36(42)40(23-24-40)29(2)41)34-19-20-35-31(15-14-22-39(34,35)9)18-17-30-25-32(43-45(10,11)37(3,4)5)27-33(26-30)44-46(12,13)38(6,7)8/h16-18,21,28,32-36,42H,14-15,19-20,22-27H2,1-13H3/t28-,32-,33-,34-,35+,36+,39-/m1/s1. The number of Topliss-reactive ketones (excluding diaryl/α,β-unsaturated/α-hetero) is 1. The maximum atomic E-state index is 12.1. The first-order valence-corrected chi connectivity index (χ1v) is 24.5. The number of hydrogen-bond acceptors (Lipinski definition) is 4. The van der Waals surface area contributed by atoms with E-state index in [1.807, 2.05) is 6.08 Å². The molecule has 0 aliphatic heterocycles. The van der Waals surface area contributed by atoms with Crippen LogP contribution in [0.2, 0.25) is 36.3 Å². The molecule has 0 aromatic carbocycles. The molecule has 6 heteroatoms. The van der Waals surface area contributed by atoms with Gasteiger partial charge in [0.05, 0.1) is 23.7 Å². The Kier molecular flexibility index (Phi) is 11.1. The molecule has 0 spiro atoms. The SMILES string of the molecule is CC(=O)C1([C@@H](O)C=C[C@@H](C)[C@H]2CC[C@H]3C(=CC=C4C[C@@H](O[Si](C)(C)C(C)(C)C)C[C@H](O[Si](C)(C)C(C)(C)C)C4)CCC[C@]23C)CC1. The second kappa shape index (κ2) is 13.5. The highest BCUT2D eigenvalue weighted by Gasteiger charge is 2.53. The summed E-state index contributed by atoms with van der Waals surface area (Å²) < 4.78 is 14.1. The van der Waals surface area contributed by atoms with E-state index in [1.54, 1.807) is 12.5 Å². The highest BCUT2D eigenvalue weighted by Crippen LogP contribution is 2.60. The van der Waals surface area contributed by atoms with Crippen LogP contribution in [0.25, 0.3) is 0 Å². The summed E-state index contributed by atoms with van der Waals surface area (Å²) in [7, 11) is -3.80. The van der Waals surface area contributed by atoms with E-state index < -0.39 is 28.2 Å². The Morgan fingerprint density at radius 3 is 1.91 bits per heavy atom. The first-order valence-electron chi connectivity index (χ1n) is 18.6. The second-order valence-corrected chi connectivity index (χ2v) is 28.7. The fraction of sp³-hybridized carbons (Fsp3) is 0.825. The maximum Gasteiger partial charge on any atom is 0.192 e. The Balaban J connectivity index is 1.52. The zero-order valence-electron chi connectivity index (χ0n) is 32.0. The summed E-state index contributed by atoms with van der Waals surface area (Å²) in [6.45, 7) is 30.1. The molecule has 4 aliphatic rings. The maximum absolute atomic E-state index is 12.1. The normalized spacial score (nSPS) is 32.8. The van der Waals surface area contributed by atoms with Gasteiger partial charge < -0.3 is 14.0 Å². The van der Waals surface area contributed by atoms with Crippen LogP contribution >= 0.6 is 0 Å². The number of carbonyl (C=O) groups excluding carboxylic acids is 1. The molecule has 4 rings (SSSR count). The van der Waals surface area contributed by atoms with Crippen molar-refractivity contribution in [3.63, 3.8) is 0 Å². The van der Waals surface area contributed by atoms with Crippen molar-refractivity contribution in [2.75, 3.05) is 0 Å². The van der Waals surface area contributed by atoms with Crippen LogP contribution in [0, 0.1) is 28.6 Å². The predicted octanol–water partition coefficient (Wildman–Crippen LogP) is 10.9. The highest BCUT2D eigenvalue weighted by molar-refractivity contribution is 6.74. The Labute approximate surface area is 285 Å². The Hall–Kier alpha value is -0.796. The largest absolute Gasteiger partial charge is 0.414 e. The summed E-state index contributed by atoms with van der Waals surface area (Å²) in [6, 6.07) is 0. The fourth-order valence-corrected chi connectivity index (χ4v) is 11.3. The molecule has 0 radical (unpaired) electrons. The third-order valence-electron chi connectivity index (χ3n) is 13.9. The molecule has 4 nitrogen and oxygen atoms in total. The van der Waals surface area contributed by atoms with Crippen molar-refractivity contribution in [3.05, 3.63) is 35.5 Å². The van der Waals surface area contributed by atoms with E-state index in [1.165, 1.54) is 37.7 Å². The number of fused-ring (bicyclic) bond motifs is 1. The van der Waals surface area contributed by atoms with Crippen molar-refractivity contribution >= 4 is 22.4 Å². The van der Waals surface area contributed by atoms with Gasteiger partial charge >= 0.3 is 0 Å². The number of aliphatic hydroxyl groups is 1. The van der Waals surface area contributed by atoms with Crippen molar-refractivity contribution in [1.29, 1.82) is 0 Å². The lowest BCUT2D eigenvalue weighted by molar-refractivity contribution is -0.124. The van der Waals surface area contributed by atoms with E-state index in [0.717, 1.165) is 32.1 Å². The lowest BCUT2D eigenvalue weighted by Gasteiger charge is -2.45. The molecule has 46 heavy (non-hydrogen) atoms. The molecule has 0 amide bonds. The Bertz CT molecular complexity index is 1160. The van der Waals surface area contributed by atoms with Crippen LogP contribution in [-0.4, -0.2) is 45.8 Å². The quantitative estimate of drug-likeness (QED) is 0.186. The molecule has 0 heterocycles. The van der Waals surface area contributed by atoms with E-state index in [-0.39, 0.29) is 33.5 Å². The molecule has 4 saturated carbocycles. The molecule has 262 valence electrons. The van der Waals surface area contributed by atoms with Gasteiger partial charge in [-0.05, 0) is 131 Å². The van der Waals surface area contributed by atoms with Crippen LogP contribution in [0.4, 0.5) is 0 Å². The number of aliphatic hydroxyl groups excluding tert-OH is 1. The van der Waals surface area contributed by atoms with Gasteiger partial charge in [-0.15, -0.1) is 0 Å². The molecular formula is C40H70O4Si2. The van der Waals surface area contributed by atoms with Crippen LogP contribution in [0.15, 0.2) is 35.5 Å². The minimum atomic E-state index is -1.90. The fourth-order valence-electron chi connectivity index (χ4n) is 8.59. The van der Waals surface area contributed by atoms with Gasteiger partial charge in [0, 0.05) is 0 Å². The van der Waals surface area contributed by atoms with Crippen molar-refractivity contribution in [2.24, 2.45) is 28.6 Å². The lowest BCUT2D eigenvalue weighted by Crippen LogP contribution is -2.48. The number of ketones is 1. The molecule has 0 aromatic heterocycles. The van der Waals surface area contributed by atoms with Crippen LogP contribution in [0.3, 0.4) is 0 Å². The van der Waals surface area contributed by atoms with Gasteiger partial charge in [-0.1, -0.05) is 90.8 Å². The smallest absolute Gasteiger partial charge is 0.192 e. The topological polar surface area (TPSA) is 55.8 Å². The van der Waals surface area contributed by atoms with E-state index in [0.29, 0.717) is 17.8 Å². The van der Waals surface area contributed by atoms with Crippen molar-refractivity contribution < 1.29 is 18.8 Å². The Morgan fingerprint density at radius 2 is 1.43 bits per heavy atom. The summed E-state index contributed by atoms with van der Waals surface area (Å²) in [4.78, 5) is 12.1. The summed E-state index contributed by atoms with van der Waals surface area (Å²) in [5, 5.41) is 11.2. The van der Waals surface area contributed by atoms with Gasteiger partial charge in [-0.25, -0.2) is 0 Å². The van der Waals surface area contributed by atoms with Crippen LogP contribution in [0.5, 0.6) is 0 Å². The monoisotopic (exact) mass is 670 g/mol. The molecular weight excluding hydrogens is 601 g/mol. The first-order chi connectivity index (χ1) is 21.0. The van der Waals surface area contributed by atoms with E-state index in [9.17, 15) is 9.90 Å². The van der Waals surface area contributed by atoms with Gasteiger partial charge in [-0.3, -0.25) is 4.79 Å². The molecule has 1 N–H and O–H groups in total. The minimum absolute atomic E-state index is 0.134. The summed E-state index contributed by atoms with van der Waals surface area (Å²) >= 11 is 0. The van der Waals surface area contributed by atoms with Crippen molar-refractivity contribution in [3.8, 4) is 0 Å². The van der Waals surface area contributed by atoms with Crippen LogP contribution in [-0.2, 0) is 13.6 Å². The number of carbonyl (C=O) groups is 1. The van der Waals surface area contributed by atoms with E-state index in [2.05, 4.69) is 99.8 Å². The van der Waals surface area contributed by atoms with Gasteiger partial charge in [0.15, 0.2) is 16.6 Å². The van der Waals surface area contributed by atoms with E-state index in [4.69, 9.17) is 8.85 Å². The van der Waals surface area contributed by atoms with Crippen molar-refractivity contribution in [2.45, 2.75) is 181 Å². The van der Waals surface area contributed by atoms with Crippen LogP contribution in [0.1, 0.15) is 127 Å². The summed E-state index contributed by atoms with van der Waals surface area (Å²) in [5.41, 5.74) is 2.92. The summed E-state index contributed by atoms with van der Waals surface area (Å²) in [5.74, 6) is 1.75.